The van der Waals surface area contributed by atoms with Gasteiger partial charge in [0.25, 0.3) is 0 Å². The van der Waals surface area contributed by atoms with Gasteiger partial charge in [-0.1, -0.05) is 13.3 Å². The monoisotopic (exact) mass is 283 g/mol. The van der Waals surface area contributed by atoms with Crippen molar-refractivity contribution in [2.45, 2.75) is 38.3 Å². The maximum atomic E-state index is 12.5. The fraction of sp³-hybridized carbons (Fsp3) is 0.692. The summed E-state index contributed by atoms with van der Waals surface area (Å²) in [6, 6.07) is 0. The Morgan fingerprint density at radius 1 is 1.74 bits per heavy atom. The zero-order valence-electron chi connectivity index (χ0n) is 11.5. The van der Waals surface area contributed by atoms with Gasteiger partial charge in [0.1, 0.15) is 11.1 Å². The number of nitrogens with two attached hydrogens (primary N) is 1. The molecule has 1 saturated heterocycles. The molecule has 2 N–H and O–H groups in total. The third-order valence-corrected chi connectivity index (χ3v) is 4.21. The standard InChI is InChI=1S/C13H21N3O2S/c1-3-4-13(2,14)12(17)16-6-7-18-10(9-16)11-15-5-8-19-11/h5,8,10H,3-4,6-7,9,14H2,1-2H3. The summed E-state index contributed by atoms with van der Waals surface area (Å²) in [6.07, 6.45) is 3.24. The number of hydrogen-bond acceptors (Lipinski definition) is 5. The average molecular weight is 283 g/mol. The molecule has 1 aliphatic heterocycles. The molecule has 0 radical (unpaired) electrons. The van der Waals surface area contributed by atoms with Crippen molar-refractivity contribution in [1.29, 1.82) is 0 Å². The Bertz CT molecular complexity index is 420. The minimum Gasteiger partial charge on any atom is -0.367 e. The number of nitrogens with zero attached hydrogens (tertiary/aromatic N) is 2. The van der Waals surface area contributed by atoms with Crippen LogP contribution in [0.3, 0.4) is 0 Å². The number of rotatable bonds is 4. The molecule has 2 atom stereocenters. The van der Waals surface area contributed by atoms with Crippen LogP contribution in [0.2, 0.25) is 0 Å². The molecule has 0 bridgehead atoms. The molecule has 0 aliphatic carbocycles. The van der Waals surface area contributed by atoms with E-state index in [1.165, 1.54) is 0 Å². The van der Waals surface area contributed by atoms with Gasteiger partial charge in [0.05, 0.1) is 18.7 Å². The van der Waals surface area contributed by atoms with E-state index in [0.29, 0.717) is 26.1 Å². The average Bonchev–Trinajstić information content (AvgIpc) is 2.92. The first kappa shape index (κ1) is 14.4. The molecular weight excluding hydrogens is 262 g/mol. The zero-order valence-corrected chi connectivity index (χ0v) is 12.3. The molecule has 1 aromatic rings. The zero-order chi connectivity index (χ0) is 13.9. The Morgan fingerprint density at radius 2 is 2.53 bits per heavy atom. The number of ether oxygens (including phenoxy) is 1. The molecule has 0 saturated carbocycles. The number of morpholine rings is 1. The number of carbonyl (C=O) groups is 1. The third kappa shape index (κ3) is 3.32. The summed E-state index contributed by atoms with van der Waals surface area (Å²) in [4.78, 5) is 18.5. The van der Waals surface area contributed by atoms with Crippen LogP contribution in [-0.2, 0) is 9.53 Å². The second kappa shape index (κ2) is 5.98. The Labute approximate surface area is 117 Å². The number of aromatic nitrogens is 1. The van der Waals surface area contributed by atoms with E-state index >= 15 is 0 Å². The summed E-state index contributed by atoms with van der Waals surface area (Å²) in [6.45, 7) is 5.54. The molecule has 1 fully saturated rings. The van der Waals surface area contributed by atoms with Crippen LogP contribution < -0.4 is 5.73 Å². The predicted molar refractivity (Wildman–Crippen MR) is 74.9 cm³/mol. The number of hydrogen-bond donors (Lipinski definition) is 1. The van der Waals surface area contributed by atoms with E-state index in [4.69, 9.17) is 10.5 Å². The third-order valence-electron chi connectivity index (χ3n) is 3.34. The highest BCUT2D eigenvalue weighted by Crippen LogP contribution is 2.25. The molecule has 5 nitrogen and oxygen atoms in total. The van der Waals surface area contributed by atoms with E-state index in [2.05, 4.69) is 4.98 Å². The van der Waals surface area contributed by atoms with Crippen molar-refractivity contribution in [1.82, 2.24) is 9.88 Å². The Morgan fingerprint density at radius 3 is 3.16 bits per heavy atom. The Kier molecular flexibility index (Phi) is 4.54. The number of thiazole rings is 1. The molecule has 0 aromatic carbocycles. The highest BCUT2D eigenvalue weighted by molar-refractivity contribution is 7.09. The minimum atomic E-state index is -0.778. The lowest BCUT2D eigenvalue weighted by molar-refractivity contribution is -0.144. The van der Waals surface area contributed by atoms with Crippen molar-refractivity contribution >= 4 is 17.2 Å². The smallest absolute Gasteiger partial charge is 0.242 e. The van der Waals surface area contributed by atoms with Gasteiger partial charge in [0.2, 0.25) is 5.91 Å². The SMILES string of the molecule is CCCC(C)(N)C(=O)N1CCOC(c2nccs2)C1. The number of carbonyl (C=O) groups excluding carboxylic acids is 1. The Hall–Kier alpha value is -0.980. The first-order chi connectivity index (χ1) is 9.04. The van der Waals surface area contributed by atoms with E-state index in [1.54, 1.807) is 17.5 Å². The lowest BCUT2D eigenvalue weighted by Gasteiger charge is -2.36. The topological polar surface area (TPSA) is 68.5 Å². The van der Waals surface area contributed by atoms with E-state index in [0.717, 1.165) is 11.4 Å². The molecule has 1 aromatic heterocycles. The molecule has 106 valence electrons. The molecule has 2 heterocycles. The quantitative estimate of drug-likeness (QED) is 0.910. The normalized spacial score (nSPS) is 23.1. The van der Waals surface area contributed by atoms with Crippen LogP contribution in [0.15, 0.2) is 11.6 Å². The molecular formula is C13H21N3O2S. The minimum absolute atomic E-state index is 0.0132. The van der Waals surface area contributed by atoms with Crippen LogP contribution >= 0.6 is 11.3 Å². The van der Waals surface area contributed by atoms with Gasteiger partial charge in [-0.3, -0.25) is 4.79 Å². The highest BCUT2D eigenvalue weighted by atomic mass is 32.1. The van der Waals surface area contributed by atoms with Crippen LogP contribution in [0, 0.1) is 0 Å². The molecule has 2 rings (SSSR count). The van der Waals surface area contributed by atoms with Crippen molar-refractivity contribution in [3.8, 4) is 0 Å². The second-order valence-electron chi connectivity index (χ2n) is 5.15. The predicted octanol–water partition coefficient (Wildman–Crippen LogP) is 1.56. The fourth-order valence-electron chi connectivity index (χ4n) is 2.36. The maximum absolute atomic E-state index is 12.5. The van der Waals surface area contributed by atoms with Gasteiger partial charge in [0, 0.05) is 18.1 Å². The van der Waals surface area contributed by atoms with Gasteiger partial charge in [-0.05, 0) is 13.3 Å². The van der Waals surface area contributed by atoms with Crippen molar-refractivity contribution in [2.24, 2.45) is 5.73 Å². The van der Waals surface area contributed by atoms with Gasteiger partial charge in [-0.15, -0.1) is 11.3 Å². The molecule has 19 heavy (non-hydrogen) atoms. The lowest BCUT2D eigenvalue weighted by Crippen LogP contribution is -2.56. The number of amides is 1. The van der Waals surface area contributed by atoms with Crippen LogP contribution in [0.4, 0.5) is 0 Å². The van der Waals surface area contributed by atoms with E-state index in [9.17, 15) is 4.79 Å². The van der Waals surface area contributed by atoms with E-state index in [-0.39, 0.29) is 12.0 Å². The largest absolute Gasteiger partial charge is 0.367 e. The van der Waals surface area contributed by atoms with Gasteiger partial charge in [-0.25, -0.2) is 4.98 Å². The van der Waals surface area contributed by atoms with Gasteiger partial charge >= 0.3 is 0 Å². The molecule has 1 amide bonds. The summed E-state index contributed by atoms with van der Waals surface area (Å²) in [5.74, 6) is 0.0132. The first-order valence-corrected chi connectivity index (χ1v) is 7.52. The summed E-state index contributed by atoms with van der Waals surface area (Å²) >= 11 is 1.56. The van der Waals surface area contributed by atoms with Gasteiger partial charge < -0.3 is 15.4 Å². The van der Waals surface area contributed by atoms with E-state index < -0.39 is 5.54 Å². The molecule has 0 spiro atoms. The molecule has 2 unspecified atom stereocenters. The van der Waals surface area contributed by atoms with Crippen molar-refractivity contribution in [3.63, 3.8) is 0 Å². The van der Waals surface area contributed by atoms with E-state index in [1.807, 2.05) is 24.1 Å². The fourth-order valence-corrected chi connectivity index (χ4v) is 3.04. The summed E-state index contributed by atoms with van der Waals surface area (Å²) in [5, 5.41) is 2.84. The van der Waals surface area contributed by atoms with Gasteiger partial charge in [0.15, 0.2) is 0 Å². The first-order valence-electron chi connectivity index (χ1n) is 6.64. The van der Waals surface area contributed by atoms with Crippen LogP contribution in [0.5, 0.6) is 0 Å². The summed E-state index contributed by atoms with van der Waals surface area (Å²) in [5.41, 5.74) is 5.34. The maximum Gasteiger partial charge on any atom is 0.242 e. The molecule has 1 aliphatic rings. The van der Waals surface area contributed by atoms with Crippen LogP contribution in [-0.4, -0.2) is 41.0 Å². The van der Waals surface area contributed by atoms with Gasteiger partial charge in [-0.2, -0.15) is 0 Å². The van der Waals surface area contributed by atoms with Crippen molar-refractivity contribution < 1.29 is 9.53 Å². The summed E-state index contributed by atoms with van der Waals surface area (Å²) in [7, 11) is 0. The van der Waals surface area contributed by atoms with Crippen molar-refractivity contribution in [2.75, 3.05) is 19.7 Å². The highest BCUT2D eigenvalue weighted by Gasteiger charge is 2.35. The Balaban J connectivity index is 2.03. The summed E-state index contributed by atoms with van der Waals surface area (Å²) < 4.78 is 5.69. The lowest BCUT2D eigenvalue weighted by atomic mass is 9.95. The second-order valence-corrected chi connectivity index (χ2v) is 6.07. The van der Waals surface area contributed by atoms with Crippen molar-refractivity contribution in [3.05, 3.63) is 16.6 Å². The van der Waals surface area contributed by atoms with Crippen LogP contribution in [0.1, 0.15) is 37.8 Å². The van der Waals surface area contributed by atoms with Crippen LogP contribution in [0.25, 0.3) is 0 Å². The molecule has 6 heteroatoms.